The molecule has 45 heavy (non-hydrogen) atoms. The smallest absolute Gasteiger partial charge is 0.413 e. The average molecular weight is 670 g/mol. The van der Waals surface area contributed by atoms with Crippen LogP contribution in [0.2, 0.25) is 0 Å². The monoisotopic (exact) mass is 669 g/mol. The molecule has 2 atom stereocenters. The predicted octanol–water partition coefficient (Wildman–Crippen LogP) is 1.36. The van der Waals surface area contributed by atoms with E-state index in [2.05, 4.69) is 25.5 Å². The van der Waals surface area contributed by atoms with Crippen molar-refractivity contribution in [3.05, 3.63) is 22.3 Å². The Kier molecular flexibility index (Phi) is 10.4. The van der Waals surface area contributed by atoms with E-state index in [-0.39, 0.29) is 34.5 Å². The number of thioether (sulfide) groups is 1. The number of β-lactam (4-membered cyclic amide) rings is 1. The number of nitrogens with one attached hydrogen (secondary N) is 3. The molecule has 4 amide bonds. The van der Waals surface area contributed by atoms with Crippen molar-refractivity contribution in [1.29, 1.82) is 5.41 Å². The number of hydrogen-bond acceptors (Lipinski definition) is 15. The molecule has 20 heteroatoms. The van der Waals surface area contributed by atoms with Crippen LogP contribution in [0.3, 0.4) is 0 Å². The number of fused-ring (bicyclic) bond motifs is 1. The number of carboxylic acids is 1. The highest BCUT2D eigenvalue weighted by Gasteiger charge is 2.54. The first-order valence-electron chi connectivity index (χ1n) is 12.9. The lowest BCUT2D eigenvalue weighted by molar-refractivity contribution is -0.161. The van der Waals surface area contributed by atoms with E-state index >= 15 is 0 Å². The summed E-state index contributed by atoms with van der Waals surface area (Å²) in [6, 6.07) is -1.19. The van der Waals surface area contributed by atoms with Crippen molar-refractivity contribution in [1.82, 2.24) is 15.2 Å². The number of carbonyl (C=O) groups is 6. The number of ether oxygens (including phenoxy) is 3. The first-order chi connectivity index (χ1) is 20.8. The fourth-order valence-corrected chi connectivity index (χ4v) is 5.60. The number of oxime groups is 1. The van der Waals surface area contributed by atoms with E-state index in [9.17, 15) is 33.9 Å². The summed E-state index contributed by atoms with van der Waals surface area (Å²) < 4.78 is 14.9. The summed E-state index contributed by atoms with van der Waals surface area (Å²) in [5, 5.41) is 26.8. The molecule has 0 unspecified atom stereocenters. The summed E-state index contributed by atoms with van der Waals surface area (Å²) in [4.78, 5) is 83.6. The number of aromatic nitrogens is 1. The topological polar surface area (TPSA) is 262 Å². The molecule has 6 N–H and O–H groups in total. The van der Waals surface area contributed by atoms with E-state index in [1.807, 2.05) is 0 Å². The highest BCUT2D eigenvalue weighted by molar-refractivity contribution is 8.00. The van der Waals surface area contributed by atoms with E-state index in [0.29, 0.717) is 0 Å². The summed E-state index contributed by atoms with van der Waals surface area (Å²) in [5.41, 5.74) is 1.89. The zero-order valence-electron chi connectivity index (χ0n) is 24.9. The van der Waals surface area contributed by atoms with Gasteiger partial charge in [0.15, 0.2) is 10.8 Å². The Morgan fingerprint density at radius 1 is 1.22 bits per heavy atom. The molecule has 2 aliphatic rings. The third-order valence-corrected chi connectivity index (χ3v) is 7.75. The van der Waals surface area contributed by atoms with Gasteiger partial charge in [0.05, 0.1) is 0 Å². The first-order valence-corrected chi connectivity index (χ1v) is 14.9. The molecule has 0 saturated carbocycles. The van der Waals surface area contributed by atoms with Crippen LogP contribution in [0.1, 0.15) is 47.2 Å². The quantitative estimate of drug-likeness (QED) is 0.0589. The molecule has 3 rings (SSSR count). The highest BCUT2D eigenvalue weighted by atomic mass is 32.2. The number of nitrogens with zero attached hydrogens (tertiary/aromatic N) is 3. The van der Waals surface area contributed by atoms with Gasteiger partial charge in [-0.1, -0.05) is 5.16 Å². The fraction of sp³-hybridized carbons (Fsp3) is 0.480. The SMILES string of the molecule is CC(=O)OCC1=C(C(=N)OC(N)=O)N2C(=O)[C@@H](NC(=O)/C(=N\OC(C)(C)C(=O)O)c3csc(NC(=O)OC(C)(C)C)n3)[C@H]2SC1. The minimum absolute atomic E-state index is 0.0222. The normalized spacial score (nSPS) is 18.2. The second kappa shape index (κ2) is 13.5. The second-order valence-corrected chi connectivity index (χ2v) is 12.8. The van der Waals surface area contributed by atoms with Gasteiger partial charge in [-0.05, 0) is 34.6 Å². The number of esters is 1. The number of carboxylic acid groups (broad SMARTS) is 1. The van der Waals surface area contributed by atoms with Crippen LogP contribution in [0.15, 0.2) is 21.8 Å². The van der Waals surface area contributed by atoms with Crippen molar-refractivity contribution < 1.29 is 52.9 Å². The van der Waals surface area contributed by atoms with Gasteiger partial charge < -0.3 is 35.2 Å². The maximum absolute atomic E-state index is 13.5. The van der Waals surface area contributed by atoms with Crippen LogP contribution in [0.25, 0.3) is 0 Å². The first kappa shape index (κ1) is 34.8. The number of amides is 4. The summed E-state index contributed by atoms with van der Waals surface area (Å²) in [6.45, 7) is 8.25. The minimum Gasteiger partial charge on any atom is -0.478 e. The standard InChI is InChI=1S/C25H31N7O11S2/c1-10(33)40-7-11-8-44-19-14(18(35)32(19)15(11)16(26)41-21(27)38)29-17(34)13(31-43-25(5,6)20(36)37)12-9-45-22(28-12)30-23(39)42-24(2,3)4/h9,14,19,26H,7-8H2,1-6H3,(H2,27,38)(H,29,34)(H,36,37)(H,28,30,39)/b26-16?,31-13-/t14-,19-/m1/s1. The Bertz CT molecular complexity index is 1500. The van der Waals surface area contributed by atoms with E-state index < -0.39 is 70.2 Å². The van der Waals surface area contributed by atoms with Gasteiger partial charge in [-0.25, -0.2) is 19.4 Å². The van der Waals surface area contributed by atoms with Gasteiger partial charge in [0.25, 0.3) is 11.8 Å². The maximum Gasteiger partial charge on any atom is 0.413 e. The molecule has 3 heterocycles. The molecule has 0 aliphatic carbocycles. The van der Waals surface area contributed by atoms with E-state index in [1.54, 1.807) is 20.8 Å². The van der Waals surface area contributed by atoms with Gasteiger partial charge in [0, 0.05) is 23.6 Å². The summed E-state index contributed by atoms with van der Waals surface area (Å²) >= 11 is 2.07. The number of hydrogen-bond donors (Lipinski definition) is 5. The average Bonchev–Trinajstić information content (AvgIpc) is 3.35. The number of carbonyl (C=O) groups excluding carboxylic acids is 5. The van der Waals surface area contributed by atoms with Crippen LogP contribution >= 0.6 is 23.1 Å². The zero-order valence-corrected chi connectivity index (χ0v) is 26.5. The van der Waals surface area contributed by atoms with Crippen molar-refractivity contribution >= 4 is 75.8 Å². The van der Waals surface area contributed by atoms with Crippen LogP contribution in [0, 0.1) is 5.41 Å². The molecule has 244 valence electrons. The van der Waals surface area contributed by atoms with Crippen molar-refractivity contribution in [3.8, 4) is 0 Å². The van der Waals surface area contributed by atoms with Gasteiger partial charge in [-0.2, -0.15) is 0 Å². The van der Waals surface area contributed by atoms with Crippen molar-refractivity contribution in [2.75, 3.05) is 17.7 Å². The van der Waals surface area contributed by atoms with Crippen LogP contribution in [-0.2, 0) is 38.2 Å². The molecule has 18 nitrogen and oxygen atoms in total. The lowest BCUT2D eigenvalue weighted by atomic mass is 10.0. The Morgan fingerprint density at radius 3 is 2.47 bits per heavy atom. The maximum atomic E-state index is 13.5. The number of rotatable bonds is 10. The number of anilines is 1. The molecule has 0 spiro atoms. The molecule has 1 saturated heterocycles. The van der Waals surface area contributed by atoms with E-state index in [1.165, 1.54) is 26.2 Å². The van der Waals surface area contributed by atoms with Gasteiger partial charge in [0.1, 0.15) is 35.0 Å². The summed E-state index contributed by atoms with van der Waals surface area (Å²) in [5.74, 6) is -4.34. The van der Waals surface area contributed by atoms with Crippen molar-refractivity contribution in [2.45, 2.75) is 64.2 Å². The molecule has 0 bridgehead atoms. The third kappa shape index (κ3) is 8.69. The lowest BCUT2D eigenvalue weighted by Gasteiger charge is -2.50. The van der Waals surface area contributed by atoms with Gasteiger partial charge in [-0.3, -0.25) is 30.0 Å². The summed E-state index contributed by atoms with van der Waals surface area (Å²) in [6.07, 6.45) is -2.12. The Hall–Kier alpha value is -4.72. The highest BCUT2D eigenvalue weighted by Crippen LogP contribution is 2.41. The van der Waals surface area contributed by atoms with Crippen LogP contribution in [0.5, 0.6) is 0 Å². The Labute approximate surface area is 264 Å². The second-order valence-electron chi connectivity index (χ2n) is 10.9. The summed E-state index contributed by atoms with van der Waals surface area (Å²) in [7, 11) is 0. The van der Waals surface area contributed by atoms with Crippen molar-refractivity contribution in [3.63, 3.8) is 0 Å². The number of nitrogens with two attached hydrogens (primary N) is 1. The number of primary amides is 1. The largest absolute Gasteiger partial charge is 0.478 e. The van der Waals surface area contributed by atoms with Crippen LogP contribution < -0.4 is 16.4 Å². The predicted molar refractivity (Wildman–Crippen MR) is 158 cm³/mol. The van der Waals surface area contributed by atoms with Gasteiger partial charge in [-0.15, -0.1) is 23.1 Å². The number of thiazole rings is 1. The fourth-order valence-electron chi connectivity index (χ4n) is 3.59. The molecule has 0 radical (unpaired) electrons. The third-order valence-electron chi connectivity index (χ3n) is 5.65. The van der Waals surface area contributed by atoms with Gasteiger partial charge in [0.2, 0.25) is 11.5 Å². The molecule has 0 aromatic carbocycles. The molecule has 1 aromatic rings. The molecule has 2 aliphatic heterocycles. The molecule has 1 fully saturated rings. The minimum atomic E-state index is -1.86. The van der Waals surface area contributed by atoms with Crippen LogP contribution in [-0.4, -0.2) is 97.5 Å². The van der Waals surface area contributed by atoms with E-state index in [4.69, 9.17) is 25.5 Å². The zero-order chi connectivity index (χ0) is 33.9. The van der Waals surface area contributed by atoms with Crippen molar-refractivity contribution in [2.24, 2.45) is 10.9 Å². The Balaban J connectivity index is 1.87. The lowest BCUT2D eigenvalue weighted by Crippen LogP contribution is -2.71. The molecular weight excluding hydrogens is 638 g/mol. The Morgan fingerprint density at radius 2 is 1.89 bits per heavy atom. The molecular formula is C25H31N7O11S2. The number of aliphatic carboxylic acids is 1. The van der Waals surface area contributed by atoms with Gasteiger partial charge >= 0.3 is 24.1 Å². The van der Waals surface area contributed by atoms with E-state index in [0.717, 1.165) is 28.0 Å². The molecule has 1 aromatic heterocycles. The van der Waals surface area contributed by atoms with Crippen LogP contribution in [0.4, 0.5) is 14.7 Å².